The van der Waals surface area contributed by atoms with Gasteiger partial charge >= 0.3 is 5.97 Å². The van der Waals surface area contributed by atoms with Crippen LogP contribution in [0.15, 0.2) is 35.7 Å². The van der Waals surface area contributed by atoms with Crippen molar-refractivity contribution in [3.05, 3.63) is 41.3 Å². The zero-order valence-corrected chi connectivity index (χ0v) is 19.0. The third kappa shape index (κ3) is 4.36. The van der Waals surface area contributed by atoms with E-state index in [-0.39, 0.29) is 29.5 Å². The van der Waals surface area contributed by atoms with E-state index in [1.165, 1.54) is 17.8 Å². The number of thiophene rings is 1. The fraction of sp³-hybridized carbons (Fsp3) is 0.520. The number of phenolic OH excluding ortho intramolecular Hbond substituents is 1. The molecule has 0 saturated heterocycles. The summed E-state index contributed by atoms with van der Waals surface area (Å²) in [6.07, 6.45) is 9.08. The van der Waals surface area contributed by atoms with Crippen LogP contribution in [0, 0.1) is 23.2 Å². The lowest BCUT2D eigenvalue weighted by Crippen LogP contribution is -2.63. The van der Waals surface area contributed by atoms with Crippen LogP contribution in [-0.2, 0) is 4.79 Å². The quantitative estimate of drug-likeness (QED) is 0.368. The van der Waals surface area contributed by atoms with Gasteiger partial charge in [0.1, 0.15) is 5.75 Å². The summed E-state index contributed by atoms with van der Waals surface area (Å²) in [5.41, 5.74) is 0.882. The second kappa shape index (κ2) is 8.65. The van der Waals surface area contributed by atoms with Gasteiger partial charge < -0.3 is 15.5 Å². The second-order valence-corrected chi connectivity index (χ2v) is 10.6. The highest BCUT2D eigenvalue weighted by molar-refractivity contribution is 7.17. The van der Waals surface area contributed by atoms with E-state index in [0.29, 0.717) is 29.7 Å². The fourth-order valence-electron chi connectivity index (χ4n) is 5.55. The molecule has 3 fully saturated rings. The molecule has 1 amide bonds. The van der Waals surface area contributed by atoms with Crippen molar-refractivity contribution < 1.29 is 19.8 Å². The average molecular weight is 442 g/mol. The molecule has 1 heterocycles. The van der Waals surface area contributed by atoms with Crippen LogP contribution in [-0.4, -0.2) is 28.1 Å². The number of nitrogens with one attached hydrogen (secondary N) is 1. The Kier molecular flexibility index (Phi) is 6.11. The summed E-state index contributed by atoms with van der Waals surface area (Å²) in [5.74, 6) is 0.939. The Morgan fingerprint density at radius 1 is 1.26 bits per heavy atom. The minimum Gasteiger partial charge on any atom is -0.508 e. The van der Waals surface area contributed by atoms with Crippen molar-refractivity contribution >= 4 is 33.3 Å². The van der Waals surface area contributed by atoms with Crippen molar-refractivity contribution in [2.75, 3.05) is 0 Å². The van der Waals surface area contributed by atoms with E-state index in [9.17, 15) is 14.7 Å². The monoisotopic (exact) mass is 441 g/mol. The molecule has 5 rings (SSSR count). The smallest absolute Gasteiger partial charge is 0.303 e. The summed E-state index contributed by atoms with van der Waals surface area (Å²) in [5, 5.41) is 24.7. The Bertz CT molecular complexity index is 1010. The predicted octanol–water partition coefficient (Wildman–Crippen LogP) is 5.59. The van der Waals surface area contributed by atoms with Crippen LogP contribution < -0.4 is 5.32 Å². The highest BCUT2D eigenvalue weighted by Gasteiger charge is 2.57. The Morgan fingerprint density at radius 2 is 2.06 bits per heavy atom. The Balaban J connectivity index is 1.46. The standard InChI is InChI=1S/C25H31NO4S/c1-25(2)16-11-15(7-5-3-4-6-8-22(28)29)23(20(25)12-16)26-24(30)19-14-31-21-10-9-17(27)13-18(19)21/h3,5,9-10,13-16,20,23,27H,4,6-8,11-12H2,1-2H3,(H,26,30)(H,28,29)/t15-,16+,20+,23?/m1/s1. The Hall–Kier alpha value is -2.34. The lowest BCUT2D eigenvalue weighted by Gasteiger charge is -2.62. The van der Waals surface area contributed by atoms with E-state index in [1.54, 1.807) is 12.1 Å². The lowest BCUT2D eigenvalue weighted by atomic mass is 9.44. The SMILES string of the molecule is CC1(C)[C@H]2C[C@@H](CC=CCCCC(=O)O)C(NC(=O)c3csc4ccc(O)cc34)[C@@H]1C2. The number of carbonyl (C=O) groups excluding carboxylic acids is 1. The third-order valence-corrected chi connectivity index (χ3v) is 8.50. The zero-order valence-electron chi connectivity index (χ0n) is 18.1. The molecule has 2 bridgehead atoms. The molecule has 166 valence electrons. The summed E-state index contributed by atoms with van der Waals surface area (Å²) in [6.45, 7) is 4.64. The van der Waals surface area contributed by atoms with Gasteiger partial charge in [0.05, 0.1) is 5.56 Å². The topological polar surface area (TPSA) is 86.6 Å². The molecule has 3 aliphatic carbocycles. The first-order valence-corrected chi connectivity index (χ1v) is 12.0. The first kappa shape index (κ1) is 21.9. The van der Waals surface area contributed by atoms with Crippen LogP contribution in [0.4, 0.5) is 0 Å². The number of aromatic hydroxyl groups is 1. The normalized spacial score (nSPS) is 26.6. The molecule has 3 saturated carbocycles. The summed E-state index contributed by atoms with van der Waals surface area (Å²) < 4.78 is 0.997. The minimum atomic E-state index is -0.750. The zero-order chi connectivity index (χ0) is 22.2. The summed E-state index contributed by atoms with van der Waals surface area (Å²) in [4.78, 5) is 23.9. The van der Waals surface area contributed by atoms with E-state index in [1.807, 2.05) is 11.4 Å². The first-order valence-electron chi connectivity index (χ1n) is 11.1. The van der Waals surface area contributed by atoms with Crippen molar-refractivity contribution in [3.8, 4) is 5.75 Å². The van der Waals surface area contributed by atoms with E-state index in [0.717, 1.165) is 29.3 Å². The van der Waals surface area contributed by atoms with Crippen molar-refractivity contribution in [1.82, 2.24) is 5.32 Å². The number of allylic oxidation sites excluding steroid dienone is 2. The fourth-order valence-corrected chi connectivity index (χ4v) is 6.47. The molecule has 1 unspecified atom stereocenters. The van der Waals surface area contributed by atoms with Gasteiger partial charge in [0.15, 0.2) is 0 Å². The first-order chi connectivity index (χ1) is 14.8. The van der Waals surface area contributed by atoms with Crippen molar-refractivity contribution in [2.45, 2.75) is 58.4 Å². The summed E-state index contributed by atoms with van der Waals surface area (Å²) >= 11 is 1.52. The highest BCUT2D eigenvalue weighted by Crippen LogP contribution is 2.61. The van der Waals surface area contributed by atoms with Crippen molar-refractivity contribution in [3.63, 3.8) is 0 Å². The van der Waals surface area contributed by atoms with Gasteiger partial charge in [-0.15, -0.1) is 11.3 Å². The maximum Gasteiger partial charge on any atom is 0.303 e. The summed E-state index contributed by atoms with van der Waals surface area (Å²) in [7, 11) is 0. The number of carbonyl (C=O) groups is 2. The number of benzene rings is 1. The van der Waals surface area contributed by atoms with Crippen LogP contribution in [0.1, 0.15) is 62.7 Å². The molecule has 1 aromatic heterocycles. The van der Waals surface area contributed by atoms with Crippen molar-refractivity contribution in [1.29, 1.82) is 0 Å². The number of carboxylic acid groups (broad SMARTS) is 1. The van der Waals surface area contributed by atoms with E-state index in [4.69, 9.17) is 5.11 Å². The third-order valence-electron chi connectivity index (χ3n) is 7.54. The van der Waals surface area contributed by atoms with Gasteiger partial charge in [0.25, 0.3) is 5.91 Å². The molecular weight excluding hydrogens is 410 g/mol. The molecule has 31 heavy (non-hydrogen) atoms. The molecule has 0 aliphatic heterocycles. The molecule has 0 radical (unpaired) electrons. The van der Waals surface area contributed by atoms with Crippen LogP contribution in [0.3, 0.4) is 0 Å². The molecular formula is C25H31NO4S. The number of aliphatic carboxylic acids is 1. The maximum absolute atomic E-state index is 13.2. The number of rotatable bonds is 8. The van der Waals surface area contributed by atoms with Crippen LogP contribution >= 0.6 is 11.3 Å². The number of hydrogen-bond acceptors (Lipinski definition) is 4. The van der Waals surface area contributed by atoms with Crippen LogP contribution in [0.2, 0.25) is 0 Å². The van der Waals surface area contributed by atoms with Gasteiger partial charge in [-0.1, -0.05) is 26.0 Å². The van der Waals surface area contributed by atoms with Crippen LogP contribution in [0.25, 0.3) is 10.1 Å². The Morgan fingerprint density at radius 3 is 2.81 bits per heavy atom. The number of unbranched alkanes of at least 4 members (excludes halogenated alkanes) is 1. The minimum absolute atomic E-state index is 0.0570. The Labute approximate surface area is 187 Å². The number of carboxylic acids is 1. The van der Waals surface area contributed by atoms with Gasteiger partial charge in [-0.05, 0) is 73.5 Å². The van der Waals surface area contributed by atoms with Gasteiger partial charge in [-0.3, -0.25) is 9.59 Å². The molecule has 6 heteroatoms. The maximum atomic E-state index is 13.2. The van der Waals surface area contributed by atoms with E-state index in [2.05, 4.69) is 31.3 Å². The van der Waals surface area contributed by atoms with E-state index < -0.39 is 5.97 Å². The molecule has 3 N–H and O–H groups in total. The van der Waals surface area contributed by atoms with Crippen molar-refractivity contribution in [2.24, 2.45) is 23.2 Å². The van der Waals surface area contributed by atoms with Gasteiger partial charge in [0, 0.05) is 27.9 Å². The predicted molar refractivity (Wildman–Crippen MR) is 123 cm³/mol. The lowest BCUT2D eigenvalue weighted by molar-refractivity contribution is -0.137. The molecule has 4 atom stereocenters. The van der Waals surface area contributed by atoms with Crippen LogP contribution in [0.5, 0.6) is 5.75 Å². The number of fused-ring (bicyclic) bond motifs is 3. The number of hydrogen-bond donors (Lipinski definition) is 3. The highest BCUT2D eigenvalue weighted by atomic mass is 32.1. The second-order valence-electron chi connectivity index (χ2n) is 9.68. The van der Waals surface area contributed by atoms with E-state index >= 15 is 0 Å². The molecule has 3 aliphatic rings. The van der Waals surface area contributed by atoms with Gasteiger partial charge in [0.2, 0.25) is 0 Å². The number of amides is 1. The number of phenols is 1. The van der Waals surface area contributed by atoms with Gasteiger partial charge in [-0.25, -0.2) is 0 Å². The molecule has 2 aromatic rings. The van der Waals surface area contributed by atoms with Gasteiger partial charge in [-0.2, -0.15) is 0 Å². The molecule has 0 spiro atoms. The average Bonchev–Trinajstić information content (AvgIpc) is 3.13. The molecule has 1 aromatic carbocycles. The summed E-state index contributed by atoms with van der Waals surface area (Å²) in [6, 6.07) is 5.30. The molecule has 5 nitrogen and oxygen atoms in total. The largest absolute Gasteiger partial charge is 0.508 e.